The van der Waals surface area contributed by atoms with Gasteiger partial charge in [0.1, 0.15) is 5.76 Å². The van der Waals surface area contributed by atoms with Gasteiger partial charge in [0.25, 0.3) is 5.60 Å². The fourth-order valence-corrected chi connectivity index (χ4v) is 1.83. The Kier molecular flexibility index (Phi) is 3.53. The van der Waals surface area contributed by atoms with Crippen LogP contribution >= 0.6 is 0 Å². The van der Waals surface area contributed by atoms with Gasteiger partial charge in [-0.05, 0) is 18.2 Å². The standard InChI is InChI=1S/C13H8F6O2/c14-12(15,16)11(20,13(17,18)19)9-4-1-3-8(7-9)10-5-2-6-21-10/h1-7,20H. The van der Waals surface area contributed by atoms with Crippen LogP contribution in [0.25, 0.3) is 11.3 Å². The molecule has 1 aromatic heterocycles. The van der Waals surface area contributed by atoms with Gasteiger partial charge in [0.15, 0.2) is 0 Å². The predicted molar refractivity (Wildman–Crippen MR) is 60.2 cm³/mol. The summed E-state index contributed by atoms with van der Waals surface area (Å²) in [5, 5.41) is 9.30. The molecule has 0 unspecified atom stereocenters. The van der Waals surface area contributed by atoms with Gasteiger partial charge in [0.2, 0.25) is 0 Å². The van der Waals surface area contributed by atoms with Crippen molar-refractivity contribution in [3.63, 3.8) is 0 Å². The maximum Gasteiger partial charge on any atom is 0.430 e. The molecule has 114 valence electrons. The van der Waals surface area contributed by atoms with Crippen LogP contribution in [0.1, 0.15) is 5.56 Å². The molecule has 1 heterocycles. The second kappa shape index (κ2) is 4.80. The smallest absolute Gasteiger partial charge is 0.430 e. The first-order valence-corrected chi connectivity index (χ1v) is 5.57. The van der Waals surface area contributed by atoms with Crippen molar-refractivity contribution >= 4 is 0 Å². The quantitative estimate of drug-likeness (QED) is 0.841. The van der Waals surface area contributed by atoms with Crippen LogP contribution in [0.15, 0.2) is 47.1 Å². The molecule has 0 saturated heterocycles. The zero-order valence-corrected chi connectivity index (χ0v) is 10.2. The van der Waals surface area contributed by atoms with Crippen LogP contribution in [0.3, 0.4) is 0 Å². The summed E-state index contributed by atoms with van der Waals surface area (Å²) in [6.45, 7) is 0. The number of hydrogen-bond acceptors (Lipinski definition) is 2. The topological polar surface area (TPSA) is 33.4 Å². The van der Waals surface area contributed by atoms with E-state index in [0.717, 1.165) is 6.07 Å². The molecular weight excluding hydrogens is 302 g/mol. The van der Waals surface area contributed by atoms with E-state index in [2.05, 4.69) is 0 Å². The van der Waals surface area contributed by atoms with Gasteiger partial charge in [-0.1, -0.05) is 18.2 Å². The minimum atomic E-state index is -5.91. The van der Waals surface area contributed by atoms with Crippen LogP contribution in [0.2, 0.25) is 0 Å². The molecule has 0 saturated carbocycles. The molecule has 0 fully saturated rings. The molecule has 0 amide bonds. The fourth-order valence-electron chi connectivity index (χ4n) is 1.83. The molecule has 0 aliphatic heterocycles. The SMILES string of the molecule is OC(c1cccc(-c2ccco2)c1)(C(F)(F)F)C(F)(F)F. The minimum Gasteiger partial charge on any atom is -0.464 e. The van der Waals surface area contributed by atoms with Crippen molar-refractivity contribution in [1.29, 1.82) is 0 Å². The van der Waals surface area contributed by atoms with Crippen LogP contribution < -0.4 is 0 Å². The summed E-state index contributed by atoms with van der Waals surface area (Å²) in [6, 6.07) is 6.22. The maximum absolute atomic E-state index is 12.8. The van der Waals surface area contributed by atoms with E-state index in [1.807, 2.05) is 0 Å². The number of halogens is 6. The van der Waals surface area contributed by atoms with E-state index in [9.17, 15) is 31.4 Å². The Morgan fingerprint density at radius 1 is 0.857 bits per heavy atom. The third-order valence-electron chi connectivity index (χ3n) is 2.91. The number of aliphatic hydroxyl groups is 1. The Morgan fingerprint density at radius 3 is 1.95 bits per heavy atom. The lowest BCUT2D eigenvalue weighted by molar-refractivity contribution is -0.376. The Balaban J connectivity index is 2.60. The van der Waals surface area contributed by atoms with Gasteiger partial charge in [-0.3, -0.25) is 0 Å². The Hall–Kier alpha value is -1.96. The molecule has 0 bridgehead atoms. The lowest BCUT2D eigenvalue weighted by atomic mass is 9.90. The first kappa shape index (κ1) is 15.4. The predicted octanol–water partition coefficient (Wildman–Crippen LogP) is 4.26. The zero-order valence-electron chi connectivity index (χ0n) is 10.2. The first-order valence-electron chi connectivity index (χ1n) is 5.57. The molecule has 21 heavy (non-hydrogen) atoms. The highest BCUT2D eigenvalue weighted by Gasteiger charge is 2.71. The molecule has 0 atom stereocenters. The van der Waals surface area contributed by atoms with Crippen LogP contribution in [0, 0.1) is 0 Å². The van der Waals surface area contributed by atoms with Crippen LogP contribution in [-0.2, 0) is 5.60 Å². The first-order chi connectivity index (χ1) is 9.57. The van der Waals surface area contributed by atoms with E-state index in [1.165, 1.54) is 24.5 Å². The van der Waals surface area contributed by atoms with Gasteiger partial charge in [0.05, 0.1) is 6.26 Å². The van der Waals surface area contributed by atoms with E-state index < -0.39 is 23.5 Å². The molecule has 0 aliphatic rings. The lowest BCUT2D eigenvalue weighted by Crippen LogP contribution is -2.53. The van der Waals surface area contributed by atoms with Gasteiger partial charge in [-0.25, -0.2) is 0 Å². The summed E-state index contributed by atoms with van der Waals surface area (Å²) in [4.78, 5) is 0. The minimum absolute atomic E-state index is 0.00979. The Labute approximate surface area is 114 Å². The highest BCUT2D eigenvalue weighted by atomic mass is 19.4. The van der Waals surface area contributed by atoms with E-state index in [1.54, 1.807) is 0 Å². The zero-order chi connectivity index (χ0) is 15.9. The summed E-state index contributed by atoms with van der Waals surface area (Å²) in [5.41, 5.74) is -6.27. The van der Waals surface area contributed by atoms with Crippen LogP contribution in [-0.4, -0.2) is 17.5 Å². The lowest BCUT2D eigenvalue weighted by Gasteiger charge is -2.32. The Morgan fingerprint density at radius 2 is 1.48 bits per heavy atom. The van der Waals surface area contributed by atoms with Gasteiger partial charge in [-0.2, -0.15) is 26.3 Å². The van der Waals surface area contributed by atoms with Crippen LogP contribution in [0.4, 0.5) is 26.3 Å². The number of hydrogen-bond donors (Lipinski definition) is 1. The molecule has 0 spiro atoms. The normalized spacial score (nSPS) is 13.5. The second-order valence-corrected chi connectivity index (χ2v) is 4.26. The molecular formula is C13H8F6O2. The van der Waals surface area contributed by atoms with E-state index in [4.69, 9.17) is 4.42 Å². The number of alkyl halides is 6. The van der Waals surface area contributed by atoms with E-state index in [-0.39, 0.29) is 11.3 Å². The molecule has 8 heteroatoms. The summed E-state index contributed by atoms with van der Waals surface area (Å²) >= 11 is 0. The third-order valence-corrected chi connectivity index (χ3v) is 2.91. The summed E-state index contributed by atoms with van der Waals surface area (Å²) in [6.07, 6.45) is -10.6. The van der Waals surface area contributed by atoms with Crippen molar-refractivity contribution in [1.82, 2.24) is 0 Å². The van der Waals surface area contributed by atoms with E-state index >= 15 is 0 Å². The van der Waals surface area contributed by atoms with Crippen molar-refractivity contribution in [3.05, 3.63) is 48.2 Å². The molecule has 1 N–H and O–H groups in total. The van der Waals surface area contributed by atoms with Crippen molar-refractivity contribution in [2.45, 2.75) is 18.0 Å². The van der Waals surface area contributed by atoms with Gasteiger partial charge in [0, 0.05) is 11.1 Å². The van der Waals surface area contributed by atoms with Crippen molar-refractivity contribution in [2.24, 2.45) is 0 Å². The monoisotopic (exact) mass is 310 g/mol. The van der Waals surface area contributed by atoms with E-state index in [0.29, 0.717) is 12.1 Å². The third kappa shape index (κ3) is 2.51. The highest BCUT2D eigenvalue weighted by molar-refractivity contribution is 5.59. The van der Waals surface area contributed by atoms with Gasteiger partial charge < -0.3 is 9.52 Å². The average Bonchev–Trinajstić information content (AvgIpc) is 2.89. The maximum atomic E-state index is 12.8. The van der Waals surface area contributed by atoms with Gasteiger partial charge in [-0.15, -0.1) is 0 Å². The molecule has 0 radical (unpaired) electrons. The van der Waals surface area contributed by atoms with Crippen molar-refractivity contribution in [3.8, 4) is 11.3 Å². The van der Waals surface area contributed by atoms with Crippen molar-refractivity contribution in [2.75, 3.05) is 0 Å². The molecule has 2 nitrogen and oxygen atoms in total. The summed E-state index contributed by atoms with van der Waals surface area (Å²) in [5.74, 6) is 0.0866. The fraction of sp³-hybridized carbons (Fsp3) is 0.231. The van der Waals surface area contributed by atoms with Crippen molar-refractivity contribution < 1.29 is 35.9 Å². The molecule has 2 aromatic rings. The average molecular weight is 310 g/mol. The van der Waals surface area contributed by atoms with Crippen LogP contribution in [0.5, 0.6) is 0 Å². The number of benzene rings is 1. The molecule has 2 rings (SSSR count). The largest absolute Gasteiger partial charge is 0.464 e. The highest BCUT2D eigenvalue weighted by Crippen LogP contribution is 2.50. The Bertz CT molecular complexity index is 598. The second-order valence-electron chi connectivity index (χ2n) is 4.26. The summed E-state index contributed by atoms with van der Waals surface area (Å²) in [7, 11) is 0. The number of furan rings is 1. The molecule has 0 aliphatic carbocycles. The summed E-state index contributed by atoms with van der Waals surface area (Å²) < 4.78 is 81.5. The number of rotatable bonds is 2. The van der Waals surface area contributed by atoms with Gasteiger partial charge >= 0.3 is 12.4 Å². The molecule has 1 aromatic carbocycles.